The van der Waals surface area contributed by atoms with Crippen molar-refractivity contribution in [2.45, 2.75) is 32.4 Å². The molecule has 0 saturated carbocycles. The van der Waals surface area contributed by atoms with E-state index >= 15 is 0 Å². The fourth-order valence-corrected chi connectivity index (χ4v) is 1.92. The first-order chi connectivity index (χ1) is 6.11. The van der Waals surface area contributed by atoms with Gasteiger partial charge in [0.15, 0.2) is 5.82 Å². The van der Waals surface area contributed by atoms with Gasteiger partial charge in [0.1, 0.15) is 11.8 Å². The quantitative estimate of drug-likeness (QED) is 0.720. The van der Waals surface area contributed by atoms with Crippen LogP contribution >= 0.6 is 0 Å². The molecule has 13 heavy (non-hydrogen) atoms. The number of aliphatic hydroxyl groups is 1. The second-order valence-electron chi connectivity index (χ2n) is 3.89. The minimum atomic E-state index is -0.685. The van der Waals surface area contributed by atoms with Gasteiger partial charge in [-0.3, -0.25) is 4.68 Å². The molecular weight excluding hydrogens is 171 g/mol. The van der Waals surface area contributed by atoms with Crippen molar-refractivity contribution >= 4 is 0 Å². The van der Waals surface area contributed by atoms with Gasteiger partial charge in [0.05, 0.1) is 12.2 Å². The standard InChI is InChI=1S/C9H13FN2O/c1-5(2)7-3-8(13)9-6(10)4-11-12(7)9/h4-5,7-8,13H,3H2,1-2H3. The first-order valence-corrected chi connectivity index (χ1v) is 4.52. The Balaban J connectivity index is 2.42. The fourth-order valence-electron chi connectivity index (χ4n) is 1.92. The number of nitrogens with zero attached hydrogens (tertiary/aromatic N) is 2. The highest BCUT2D eigenvalue weighted by Crippen LogP contribution is 2.38. The molecule has 0 spiro atoms. The fraction of sp³-hybridized carbons (Fsp3) is 0.667. The molecule has 4 heteroatoms. The number of aliphatic hydroxyl groups excluding tert-OH is 1. The van der Waals surface area contributed by atoms with Gasteiger partial charge in [0.2, 0.25) is 0 Å². The van der Waals surface area contributed by atoms with Crippen LogP contribution in [0.15, 0.2) is 6.20 Å². The van der Waals surface area contributed by atoms with Gasteiger partial charge in [-0.25, -0.2) is 4.39 Å². The molecule has 1 aromatic rings. The Morgan fingerprint density at radius 2 is 2.38 bits per heavy atom. The van der Waals surface area contributed by atoms with Crippen molar-refractivity contribution in [3.63, 3.8) is 0 Å². The number of halogens is 1. The summed E-state index contributed by atoms with van der Waals surface area (Å²) in [7, 11) is 0. The summed E-state index contributed by atoms with van der Waals surface area (Å²) in [4.78, 5) is 0. The molecule has 1 aliphatic heterocycles. The third-order valence-electron chi connectivity index (χ3n) is 2.65. The van der Waals surface area contributed by atoms with Crippen molar-refractivity contribution < 1.29 is 9.50 Å². The molecule has 3 nitrogen and oxygen atoms in total. The molecule has 0 radical (unpaired) electrons. The maximum Gasteiger partial charge on any atom is 0.166 e. The Morgan fingerprint density at radius 1 is 1.69 bits per heavy atom. The van der Waals surface area contributed by atoms with Gasteiger partial charge in [-0.05, 0) is 5.92 Å². The van der Waals surface area contributed by atoms with E-state index in [1.54, 1.807) is 4.68 Å². The summed E-state index contributed by atoms with van der Waals surface area (Å²) < 4.78 is 14.7. The first-order valence-electron chi connectivity index (χ1n) is 4.52. The van der Waals surface area contributed by atoms with Crippen LogP contribution in [0.25, 0.3) is 0 Å². The number of aromatic nitrogens is 2. The summed E-state index contributed by atoms with van der Waals surface area (Å²) in [6, 6.07) is 0.134. The van der Waals surface area contributed by atoms with E-state index in [4.69, 9.17) is 0 Å². The summed E-state index contributed by atoms with van der Waals surface area (Å²) in [5.41, 5.74) is 0.346. The van der Waals surface area contributed by atoms with Crippen molar-refractivity contribution in [1.82, 2.24) is 9.78 Å². The molecule has 72 valence electrons. The molecule has 0 fully saturated rings. The smallest absolute Gasteiger partial charge is 0.166 e. The minimum Gasteiger partial charge on any atom is -0.387 e. The molecule has 2 atom stereocenters. The zero-order valence-electron chi connectivity index (χ0n) is 7.74. The molecule has 2 rings (SSSR count). The molecule has 0 bridgehead atoms. The lowest BCUT2D eigenvalue weighted by Gasteiger charge is -2.15. The number of rotatable bonds is 1. The normalized spacial score (nSPS) is 26.8. The molecule has 2 unspecified atom stereocenters. The van der Waals surface area contributed by atoms with Gasteiger partial charge in [-0.2, -0.15) is 5.10 Å². The van der Waals surface area contributed by atoms with E-state index in [2.05, 4.69) is 5.10 Å². The van der Waals surface area contributed by atoms with E-state index < -0.39 is 11.9 Å². The largest absolute Gasteiger partial charge is 0.387 e. The second kappa shape index (κ2) is 2.80. The van der Waals surface area contributed by atoms with E-state index in [-0.39, 0.29) is 6.04 Å². The monoisotopic (exact) mass is 184 g/mol. The lowest BCUT2D eigenvalue weighted by Crippen LogP contribution is -2.11. The molecule has 2 heterocycles. The van der Waals surface area contributed by atoms with Crippen LogP contribution in [0.2, 0.25) is 0 Å². The number of fused-ring (bicyclic) bond motifs is 1. The lowest BCUT2D eigenvalue weighted by molar-refractivity contribution is 0.162. The molecule has 0 amide bonds. The zero-order valence-corrected chi connectivity index (χ0v) is 7.74. The Kier molecular flexibility index (Phi) is 1.87. The van der Waals surface area contributed by atoms with E-state index in [1.165, 1.54) is 6.20 Å². The average molecular weight is 184 g/mol. The van der Waals surface area contributed by atoms with Crippen molar-refractivity contribution in [3.05, 3.63) is 17.7 Å². The minimum absolute atomic E-state index is 0.134. The van der Waals surface area contributed by atoms with Crippen LogP contribution in [0.4, 0.5) is 4.39 Å². The average Bonchev–Trinajstić information content (AvgIpc) is 2.55. The van der Waals surface area contributed by atoms with E-state index in [1.807, 2.05) is 13.8 Å². The van der Waals surface area contributed by atoms with Gasteiger partial charge in [-0.1, -0.05) is 13.8 Å². The van der Waals surface area contributed by atoms with Crippen molar-refractivity contribution in [2.24, 2.45) is 5.92 Å². The lowest BCUT2D eigenvalue weighted by atomic mass is 10.0. The molecule has 1 aliphatic rings. The Morgan fingerprint density at radius 3 is 3.00 bits per heavy atom. The summed E-state index contributed by atoms with van der Waals surface area (Å²) in [6.07, 6.45) is 1.07. The topological polar surface area (TPSA) is 38.1 Å². The van der Waals surface area contributed by atoms with E-state index in [0.717, 1.165) is 0 Å². The van der Waals surface area contributed by atoms with Gasteiger partial charge in [-0.15, -0.1) is 0 Å². The van der Waals surface area contributed by atoms with Gasteiger partial charge >= 0.3 is 0 Å². The summed E-state index contributed by atoms with van der Waals surface area (Å²) >= 11 is 0. The van der Waals surface area contributed by atoms with Crippen molar-refractivity contribution in [3.8, 4) is 0 Å². The van der Waals surface area contributed by atoms with Crippen LogP contribution in [-0.2, 0) is 0 Å². The van der Waals surface area contributed by atoms with Crippen LogP contribution in [-0.4, -0.2) is 14.9 Å². The van der Waals surface area contributed by atoms with Gasteiger partial charge < -0.3 is 5.11 Å². The molecule has 1 aromatic heterocycles. The molecule has 0 saturated heterocycles. The predicted octanol–water partition coefficient (Wildman–Crippen LogP) is 1.66. The second-order valence-corrected chi connectivity index (χ2v) is 3.89. The first kappa shape index (κ1) is 8.69. The van der Waals surface area contributed by atoms with Crippen LogP contribution in [0.5, 0.6) is 0 Å². The Hall–Kier alpha value is -0.900. The highest BCUT2D eigenvalue weighted by atomic mass is 19.1. The predicted molar refractivity (Wildman–Crippen MR) is 45.6 cm³/mol. The summed E-state index contributed by atoms with van der Waals surface area (Å²) in [6.45, 7) is 4.10. The Bertz CT molecular complexity index is 321. The van der Waals surface area contributed by atoms with Crippen LogP contribution < -0.4 is 0 Å². The number of hydrogen-bond acceptors (Lipinski definition) is 2. The number of hydrogen-bond donors (Lipinski definition) is 1. The van der Waals surface area contributed by atoms with Crippen LogP contribution in [0.1, 0.15) is 38.1 Å². The summed E-state index contributed by atoms with van der Waals surface area (Å²) in [5, 5.41) is 13.5. The van der Waals surface area contributed by atoms with E-state index in [0.29, 0.717) is 18.0 Å². The van der Waals surface area contributed by atoms with Crippen molar-refractivity contribution in [2.75, 3.05) is 0 Å². The SMILES string of the molecule is CC(C)C1CC(O)c2c(F)cnn21. The molecular formula is C9H13FN2O. The maximum atomic E-state index is 13.1. The van der Waals surface area contributed by atoms with E-state index in [9.17, 15) is 9.50 Å². The van der Waals surface area contributed by atoms with Gasteiger partial charge in [0.25, 0.3) is 0 Å². The highest BCUT2D eigenvalue weighted by molar-refractivity contribution is 5.13. The van der Waals surface area contributed by atoms with Crippen LogP contribution in [0, 0.1) is 11.7 Å². The van der Waals surface area contributed by atoms with Crippen molar-refractivity contribution in [1.29, 1.82) is 0 Å². The summed E-state index contributed by atoms with van der Waals surface area (Å²) in [5.74, 6) is -0.0224. The Labute approximate surface area is 76.2 Å². The molecule has 0 aliphatic carbocycles. The van der Waals surface area contributed by atoms with Gasteiger partial charge in [0, 0.05) is 6.42 Å². The molecule has 1 N–H and O–H groups in total. The highest BCUT2D eigenvalue weighted by Gasteiger charge is 2.34. The third-order valence-corrected chi connectivity index (χ3v) is 2.65. The molecule has 0 aromatic carbocycles. The zero-order chi connectivity index (χ0) is 9.59. The maximum absolute atomic E-state index is 13.1. The third kappa shape index (κ3) is 1.16. The van der Waals surface area contributed by atoms with Crippen LogP contribution in [0.3, 0.4) is 0 Å².